The van der Waals surface area contributed by atoms with Gasteiger partial charge in [0.2, 0.25) is 5.76 Å². The van der Waals surface area contributed by atoms with Crippen LogP contribution in [0.15, 0.2) is 47.7 Å². The van der Waals surface area contributed by atoms with Crippen LogP contribution in [0.25, 0.3) is 0 Å². The molecular formula is C21H18ClFeNO10. The fourth-order valence-corrected chi connectivity index (χ4v) is 2.81. The van der Waals surface area contributed by atoms with Gasteiger partial charge in [-0.25, -0.2) is 18.6 Å². The molecule has 1 aliphatic heterocycles. The number of allylic oxidation sites excluding steroid dienone is 3. The maximum atomic E-state index is 12.2. The first-order chi connectivity index (χ1) is 15.7. The molecule has 182 valence electrons. The molecule has 0 aromatic heterocycles. The van der Waals surface area contributed by atoms with Crippen LogP contribution in [0.1, 0.15) is 40.0 Å². The van der Waals surface area contributed by atoms with Gasteiger partial charge in [0.1, 0.15) is 0 Å². The summed E-state index contributed by atoms with van der Waals surface area (Å²) in [4.78, 5) is 25.8. The van der Waals surface area contributed by atoms with Gasteiger partial charge in [0.25, 0.3) is 11.8 Å². The zero-order chi connectivity index (χ0) is 26.0. The Hall–Kier alpha value is -2.62. The molecule has 1 aromatic carbocycles. The van der Waals surface area contributed by atoms with Crippen molar-refractivity contribution < 1.29 is 74.2 Å². The maximum absolute atomic E-state index is 12.2. The second-order valence-electron chi connectivity index (χ2n) is 5.80. The van der Waals surface area contributed by atoms with Gasteiger partial charge in [-0.05, 0) is 18.6 Å². The molecule has 34 heavy (non-hydrogen) atoms. The van der Waals surface area contributed by atoms with E-state index >= 15 is 0 Å². The molecule has 3 rings (SSSR count). The average molecular weight is 536 g/mol. The molecule has 1 aliphatic carbocycles. The van der Waals surface area contributed by atoms with Gasteiger partial charge < -0.3 is 4.74 Å². The molecule has 1 aromatic rings. The second kappa shape index (κ2) is 19.8. The number of fused-ring (bicyclic) bond motifs is 1. The van der Waals surface area contributed by atoms with Crippen LogP contribution in [-0.2, 0) is 35.8 Å². The van der Waals surface area contributed by atoms with Gasteiger partial charge in [0, 0.05) is 35.6 Å². The summed E-state index contributed by atoms with van der Waals surface area (Å²) in [6.07, 6.45) is 8.56. The molecule has 0 radical (unpaired) electrons. The van der Waals surface area contributed by atoms with E-state index in [-0.39, 0.29) is 28.9 Å². The van der Waals surface area contributed by atoms with Crippen molar-refractivity contribution in [1.29, 1.82) is 0 Å². The third-order valence-electron chi connectivity index (χ3n) is 4.04. The number of hydrogen-bond acceptors (Lipinski definition) is 7. The number of benzene rings is 1. The Morgan fingerprint density at radius 3 is 1.79 bits per heavy atom. The third-order valence-corrected chi connectivity index (χ3v) is 4.04. The fraction of sp³-hybridized carbons (Fsp3) is 0.238. The first-order valence-electron chi connectivity index (χ1n) is 8.66. The maximum Gasteiger partial charge on any atom is 0 e. The molecule has 0 unspecified atom stereocenters. The Labute approximate surface area is 209 Å². The van der Waals surface area contributed by atoms with Gasteiger partial charge in [-0.2, -0.15) is 0 Å². The fourth-order valence-electron chi connectivity index (χ4n) is 2.81. The Bertz CT molecular complexity index is 848. The topological polar surface area (TPSA) is 199 Å². The van der Waals surface area contributed by atoms with Crippen molar-refractivity contribution in [2.45, 2.75) is 19.3 Å². The molecule has 0 spiro atoms. The molecule has 13 heteroatoms. The minimum atomic E-state index is -4.94. The monoisotopic (exact) mass is 535 g/mol. The number of hydrogen-bond donors (Lipinski definition) is 0. The first kappa shape index (κ1) is 36.0. The smallest absolute Gasteiger partial charge is 0 e. The van der Waals surface area contributed by atoms with Crippen LogP contribution in [0, 0.1) is 36.6 Å². The van der Waals surface area contributed by atoms with E-state index in [1.54, 1.807) is 31.4 Å². The Morgan fingerprint density at radius 1 is 1.00 bits per heavy atom. The number of carbonyl (C=O) groups excluding carboxylic acids is 2. The van der Waals surface area contributed by atoms with E-state index in [0.29, 0.717) is 17.7 Å². The van der Waals surface area contributed by atoms with Crippen LogP contribution in [0.4, 0.5) is 0 Å². The Morgan fingerprint density at radius 2 is 1.44 bits per heavy atom. The third kappa shape index (κ3) is 13.2. The van der Waals surface area contributed by atoms with Crippen LogP contribution < -0.4 is 18.6 Å². The van der Waals surface area contributed by atoms with E-state index in [1.165, 1.54) is 10.5 Å². The zero-order valence-corrected chi connectivity index (χ0v) is 19.5. The number of amides is 2. The van der Waals surface area contributed by atoms with E-state index < -0.39 is 10.2 Å². The Balaban J connectivity index is -0.000000692. The second-order valence-corrected chi connectivity index (χ2v) is 6.55. The van der Waals surface area contributed by atoms with E-state index in [2.05, 4.69) is 26.0 Å². The molecule has 2 amide bonds. The van der Waals surface area contributed by atoms with Gasteiger partial charge in [-0.15, -0.1) is 10.2 Å². The van der Waals surface area contributed by atoms with E-state index in [4.69, 9.17) is 37.3 Å². The zero-order valence-electron chi connectivity index (χ0n) is 17.6. The van der Waals surface area contributed by atoms with E-state index in [9.17, 15) is 9.59 Å². The van der Waals surface area contributed by atoms with Gasteiger partial charge in [0.05, 0.1) is 43.2 Å². The van der Waals surface area contributed by atoms with Crippen molar-refractivity contribution in [3.8, 4) is 0 Å². The quantitative estimate of drug-likeness (QED) is 0.184. The Kier molecular flexibility index (Phi) is 21.0. The van der Waals surface area contributed by atoms with Crippen LogP contribution in [0.5, 0.6) is 0 Å². The SMILES string of the molecule is COC1=CCC(CCCN2C(=O)c3ccccc3C2=O)=C[CH+]1.[C-]#[O+].[C-]#[O+].[C-]#[O+].[Fe].[O-][Cl+3]([O-])([O-])[O-]. The average Bonchev–Trinajstić information content (AvgIpc) is 3.07. The summed E-state index contributed by atoms with van der Waals surface area (Å²) in [5.74, 6) is 0.529. The minimum Gasteiger partial charge on any atom is -0.222 e. The number of imide groups is 1. The van der Waals surface area contributed by atoms with E-state index in [0.717, 1.165) is 25.0 Å². The van der Waals surface area contributed by atoms with Crippen molar-refractivity contribution in [3.05, 3.63) is 85.2 Å². The molecule has 2 aliphatic rings. The van der Waals surface area contributed by atoms with E-state index in [1.807, 2.05) is 12.5 Å². The molecule has 0 fully saturated rings. The first-order valence-corrected chi connectivity index (χ1v) is 9.89. The molecule has 0 N–H and O–H groups in total. The molecule has 11 nitrogen and oxygen atoms in total. The summed E-state index contributed by atoms with van der Waals surface area (Å²) in [5.41, 5.74) is 2.33. The predicted octanol–water partition coefficient (Wildman–Crippen LogP) is -1.74. The summed E-state index contributed by atoms with van der Waals surface area (Å²) in [5, 5.41) is 0. The van der Waals surface area contributed by atoms with Crippen molar-refractivity contribution in [1.82, 2.24) is 4.90 Å². The number of carbonyl (C=O) groups is 2. The van der Waals surface area contributed by atoms with Crippen molar-refractivity contribution in [3.63, 3.8) is 0 Å². The molecule has 0 saturated carbocycles. The normalized spacial score (nSPS) is 12.9. The number of halogens is 1. The number of methoxy groups -OCH3 is 1. The summed E-state index contributed by atoms with van der Waals surface area (Å²) >= 11 is 0. The standard InChI is InChI=1S/C18H18NO3.3CO.ClHO4.Fe/c1-22-14-10-8-13(9-11-14)5-4-12-19-17(20)15-6-2-3-7-16(15)18(19)21;3*1-2;2-1(3,4)5;/h2-3,6-8,10-11H,4-5,9,12H2,1H3;;;;(H,2,3,4,5);/q+1;;;;;/p-1. The molecule has 0 bridgehead atoms. The summed E-state index contributed by atoms with van der Waals surface area (Å²) in [6, 6.07) is 7.00. The minimum absolute atomic E-state index is 0. The number of rotatable bonds is 5. The van der Waals surface area contributed by atoms with Gasteiger partial charge >= 0.3 is 33.9 Å². The van der Waals surface area contributed by atoms with Crippen LogP contribution in [0.2, 0.25) is 0 Å². The van der Waals surface area contributed by atoms with Crippen LogP contribution in [-0.4, -0.2) is 30.4 Å². The number of nitrogens with zero attached hydrogens (tertiary/aromatic N) is 1. The summed E-state index contributed by atoms with van der Waals surface area (Å²) < 4.78 is 61.6. The summed E-state index contributed by atoms with van der Waals surface area (Å²) in [7, 11) is -3.29. The predicted molar refractivity (Wildman–Crippen MR) is 94.9 cm³/mol. The van der Waals surface area contributed by atoms with Gasteiger partial charge in [-0.3, -0.25) is 14.5 Å². The number of ether oxygens (including phenoxy) is 1. The van der Waals surface area contributed by atoms with Gasteiger partial charge in [0.15, 0.2) is 0 Å². The molecule has 0 saturated heterocycles. The van der Waals surface area contributed by atoms with Gasteiger partial charge in [-0.1, -0.05) is 12.1 Å². The molecule has 1 heterocycles. The largest absolute Gasteiger partial charge is 0.222 e. The molecular weight excluding hydrogens is 518 g/mol. The van der Waals surface area contributed by atoms with Crippen LogP contribution >= 0.6 is 0 Å². The van der Waals surface area contributed by atoms with Crippen LogP contribution in [0.3, 0.4) is 0 Å². The molecule has 0 atom stereocenters. The summed E-state index contributed by atoms with van der Waals surface area (Å²) in [6.45, 7) is 14.0. The van der Waals surface area contributed by atoms with Crippen molar-refractivity contribution in [2.24, 2.45) is 0 Å². The van der Waals surface area contributed by atoms with Crippen molar-refractivity contribution >= 4 is 11.8 Å². The van der Waals surface area contributed by atoms with Crippen molar-refractivity contribution in [2.75, 3.05) is 13.7 Å².